The van der Waals surface area contributed by atoms with Crippen molar-refractivity contribution in [3.63, 3.8) is 0 Å². The Morgan fingerprint density at radius 2 is 1.67 bits per heavy atom. The zero-order chi connectivity index (χ0) is 18.5. The molecule has 2 aromatic carbocycles. The van der Waals surface area contributed by atoms with E-state index in [1.165, 1.54) is 0 Å². The lowest BCUT2D eigenvalue weighted by Gasteiger charge is -2.07. The van der Waals surface area contributed by atoms with Crippen molar-refractivity contribution in [1.82, 2.24) is 15.2 Å². The number of nitrogens with zero attached hydrogens (tertiary/aromatic N) is 2. The summed E-state index contributed by atoms with van der Waals surface area (Å²) < 4.78 is 5.77. The van der Waals surface area contributed by atoms with E-state index >= 15 is 0 Å². The average Bonchev–Trinajstić information content (AvgIpc) is 3.18. The van der Waals surface area contributed by atoms with Crippen LogP contribution in [0.15, 0.2) is 85.2 Å². The highest BCUT2D eigenvalue weighted by atomic mass is 16.5. The van der Waals surface area contributed by atoms with Gasteiger partial charge in [0, 0.05) is 29.6 Å². The Morgan fingerprint density at radius 3 is 2.48 bits per heavy atom. The normalized spacial score (nSPS) is 10.4. The van der Waals surface area contributed by atoms with Gasteiger partial charge in [0.25, 0.3) is 5.91 Å². The Labute approximate surface area is 155 Å². The highest BCUT2D eigenvalue weighted by Gasteiger charge is 2.10. The fourth-order valence-corrected chi connectivity index (χ4v) is 2.58. The van der Waals surface area contributed by atoms with Gasteiger partial charge in [-0.3, -0.25) is 14.9 Å². The van der Waals surface area contributed by atoms with E-state index in [1.54, 1.807) is 42.7 Å². The number of carbonyl (C=O) groups is 1. The second-order valence-corrected chi connectivity index (χ2v) is 5.80. The second-order valence-electron chi connectivity index (χ2n) is 5.80. The lowest BCUT2D eigenvalue weighted by atomic mass is 10.2. The molecule has 6 nitrogen and oxygen atoms in total. The van der Waals surface area contributed by atoms with Crippen molar-refractivity contribution >= 4 is 11.7 Å². The SMILES string of the molecule is O=C(Nc1cc(-c2ccncc2)[nH]n1)c1cccc(Oc2ccccc2)c1. The second kappa shape index (κ2) is 7.53. The smallest absolute Gasteiger partial charge is 0.256 e. The van der Waals surface area contributed by atoms with E-state index in [-0.39, 0.29) is 5.91 Å². The number of carbonyl (C=O) groups excluding carboxylic acids is 1. The summed E-state index contributed by atoms with van der Waals surface area (Å²) in [6, 6.07) is 21.9. The van der Waals surface area contributed by atoms with Crippen molar-refractivity contribution in [2.24, 2.45) is 0 Å². The number of amides is 1. The van der Waals surface area contributed by atoms with Crippen LogP contribution in [-0.4, -0.2) is 21.1 Å². The van der Waals surface area contributed by atoms with Crippen LogP contribution >= 0.6 is 0 Å². The number of pyridine rings is 1. The quantitative estimate of drug-likeness (QED) is 0.551. The highest BCUT2D eigenvalue weighted by molar-refractivity contribution is 6.04. The van der Waals surface area contributed by atoms with Gasteiger partial charge < -0.3 is 10.1 Å². The van der Waals surface area contributed by atoms with Crippen LogP contribution < -0.4 is 10.1 Å². The third kappa shape index (κ3) is 4.01. The number of aromatic nitrogens is 3. The van der Waals surface area contributed by atoms with Gasteiger partial charge in [-0.2, -0.15) is 5.10 Å². The lowest BCUT2D eigenvalue weighted by molar-refractivity contribution is 0.102. The van der Waals surface area contributed by atoms with E-state index in [9.17, 15) is 4.79 Å². The van der Waals surface area contributed by atoms with Crippen molar-refractivity contribution in [2.75, 3.05) is 5.32 Å². The molecule has 0 saturated heterocycles. The molecule has 4 aromatic rings. The first-order valence-electron chi connectivity index (χ1n) is 8.38. The minimum Gasteiger partial charge on any atom is -0.457 e. The Kier molecular flexibility index (Phi) is 4.61. The molecule has 2 heterocycles. The molecule has 0 unspecified atom stereocenters. The van der Waals surface area contributed by atoms with Gasteiger partial charge in [-0.25, -0.2) is 0 Å². The third-order valence-electron chi connectivity index (χ3n) is 3.89. The predicted molar refractivity (Wildman–Crippen MR) is 103 cm³/mol. The van der Waals surface area contributed by atoms with Crippen LogP contribution in [0.4, 0.5) is 5.82 Å². The fourth-order valence-electron chi connectivity index (χ4n) is 2.58. The fraction of sp³-hybridized carbons (Fsp3) is 0. The number of hydrogen-bond donors (Lipinski definition) is 2. The first-order chi connectivity index (χ1) is 13.3. The molecule has 27 heavy (non-hydrogen) atoms. The molecule has 4 rings (SSSR count). The summed E-state index contributed by atoms with van der Waals surface area (Å²) in [4.78, 5) is 16.5. The molecule has 0 aliphatic rings. The third-order valence-corrected chi connectivity index (χ3v) is 3.89. The molecule has 0 spiro atoms. The molecule has 0 bridgehead atoms. The number of aromatic amines is 1. The number of nitrogens with one attached hydrogen (secondary N) is 2. The molecule has 2 N–H and O–H groups in total. The van der Waals surface area contributed by atoms with Crippen LogP contribution in [0.2, 0.25) is 0 Å². The summed E-state index contributed by atoms with van der Waals surface area (Å²) in [5, 5.41) is 9.83. The monoisotopic (exact) mass is 356 g/mol. The predicted octanol–water partition coefficient (Wildman–Crippen LogP) is 4.52. The van der Waals surface area contributed by atoms with Crippen LogP contribution in [-0.2, 0) is 0 Å². The van der Waals surface area contributed by atoms with E-state index in [4.69, 9.17) is 4.74 Å². The number of anilines is 1. The van der Waals surface area contributed by atoms with Gasteiger partial charge in [0.1, 0.15) is 11.5 Å². The summed E-state index contributed by atoms with van der Waals surface area (Å²) in [6.45, 7) is 0. The first kappa shape index (κ1) is 16.5. The van der Waals surface area contributed by atoms with Gasteiger partial charge >= 0.3 is 0 Å². The molecular formula is C21H16N4O2. The van der Waals surface area contributed by atoms with Gasteiger partial charge in [0.05, 0.1) is 5.69 Å². The maximum absolute atomic E-state index is 12.5. The summed E-state index contributed by atoms with van der Waals surface area (Å²) in [7, 11) is 0. The molecular weight excluding hydrogens is 340 g/mol. The maximum Gasteiger partial charge on any atom is 0.256 e. The number of ether oxygens (including phenoxy) is 1. The molecule has 1 amide bonds. The molecule has 0 fully saturated rings. The van der Waals surface area contributed by atoms with Crippen LogP contribution in [0.25, 0.3) is 11.3 Å². The molecule has 0 saturated carbocycles. The summed E-state index contributed by atoms with van der Waals surface area (Å²) >= 11 is 0. The minimum absolute atomic E-state index is 0.263. The lowest BCUT2D eigenvalue weighted by Crippen LogP contribution is -2.12. The summed E-state index contributed by atoms with van der Waals surface area (Å²) in [5.74, 6) is 1.49. The molecule has 2 aromatic heterocycles. The van der Waals surface area contributed by atoms with E-state index < -0.39 is 0 Å². The Morgan fingerprint density at radius 1 is 0.889 bits per heavy atom. The summed E-state index contributed by atoms with van der Waals surface area (Å²) in [5.41, 5.74) is 2.22. The largest absolute Gasteiger partial charge is 0.457 e. The van der Waals surface area contributed by atoms with Gasteiger partial charge in [-0.1, -0.05) is 24.3 Å². The molecule has 0 atom stereocenters. The molecule has 6 heteroatoms. The van der Waals surface area contributed by atoms with E-state index in [0.29, 0.717) is 22.9 Å². The van der Waals surface area contributed by atoms with Crippen LogP contribution in [0.3, 0.4) is 0 Å². The molecule has 0 aliphatic carbocycles. The van der Waals surface area contributed by atoms with E-state index in [2.05, 4.69) is 20.5 Å². The topological polar surface area (TPSA) is 79.9 Å². The molecule has 132 valence electrons. The van der Waals surface area contributed by atoms with Gasteiger partial charge in [-0.15, -0.1) is 0 Å². The Hall–Kier alpha value is -3.93. The highest BCUT2D eigenvalue weighted by Crippen LogP contribution is 2.23. The summed E-state index contributed by atoms with van der Waals surface area (Å²) in [6.07, 6.45) is 3.40. The minimum atomic E-state index is -0.263. The number of rotatable bonds is 5. The van der Waals surface area contributed by atoms with Crippen LogP contribution in [0.5, 0.6) is 11.5 Å². The van der Waals surface area contributed by atoms with Crippen molar-refractivity contribution in [2.45, 2.75) is 0 Å². The zero-order valence-corrected chi connectivity index (χ0v) is 14.3. The van der Waals surface area contributed by atoms with Crippen molar-refractivity contribution < 1.29 is 9.53 Å². The number of benzene rings is 2. The van der Waals surface area contributed by atoms with Crippen molar-refractivity contribution in [3.05, 3.63) is 90.8 Å². The first-order valence-corrected chi connectivity index (χ1v) is 8.38. The number of hydrogen-bond acceptors (Lipinski definition) is 4. The standard InChI is InChI=1S/C21H16N4O2/c26-21(23-20-14-19(24-25-20)15-9-11-22-12-10-15)16-5-4-8-18(13-16)27-17-6-2-1-3-7-17/h1-14H,(H2,23,24,25,26). The number of para-hydroxylation sites is 1. The van der Waals surface area contributed by atoms with Gasteiger partial charge in [0.2, 0.25) is 0 Å². The van der Waals surface area contributed by atoms with E-state index in [1.807, 2.05) is 42.5 Å². The number of H-pyrrole nitrogens is 1. The Balaban J connectivity index is 1.47. The van der Waals surface area contributed by atoms with E-state index in [0.717, 1.165) is 11.3 Å². The molecule has 0 radical (unpaired) electrons. The zero-order valence-electron chi connectivity index (χ0n) is 14.3. The average molecular weight is 356 g/mol. The maximum atomic E-state index is 12.5. The van der Waals surface area contributed by atoms with Crippen molar-refractivity contribution in [1.29, 1.82) is 0 Å². The van der Waals surface area contributed by atoms with Crippen molar-refractivity contribution in [3.8, 4) is 22.8 Å². The van der Waals surface area contributed by atoms with Gasteiger partial charge in [0.15, 0.2) is 5.82 Å². The Bertz CT molecular complexity index is 1050. The molecule has 0 aliphatic heterocycles. The van der Waals surface area contributed by atoms with Crippen LogP contribution in [0, 0.1) is 0 Å². The van der Waals surface area contributed by atoms with Crippen LogP contribution in [0.1, 0.15) is 10.4 Å². The van der Waals surface area contributed by atoms with Gasteiger partial charge in [-0.05, 0) is 42.5 Å².